The Hall–Kier alpha value is -5.80. The highest BCUT2D eigenvalue weighted by Crippen LogP contribution is 2.42. The molecule has 0 bridgehead atoms. The smallest absolute Gasteiger partial charge is 0.136 e. The average molecular weight is 549 g/mol. The lowest BCUT2D eigenvalue weighted by Crippen LogP contribution is -1.96. The van der Waals surface area contributed by atoms with Gasteiger partial charge >= 0.3 is 0 Å². The summed E-state index contributed by atoms with van der Waals surface area (Å²) in [5.74, 6) is 0. The van der Waals surface area contributed by atoms with Crippen LogP contribution in [0.5, 0.6) is 0 Å². The summed E-state index contributed by atoms with van der Waals surface area (Å²) in [6.45, 7) is 0. The van der Waals surface area contributed by atoms with Gasteiger partial charge in [-0.2, -0.15) is 0 Å². The summed E-state index contributed by atoms with van der Waals surface area (Å²) in [4.78, 5) is 0. The standard InChI is InChI=1S/C40H24N2O/c1-2-10-25(11-3-1)41-34-15-7-5-13-28(34)33-24-26(18-22-36(33)41)42-35-16-8-4-12-27(35)30-20-19-29-31(40(30)42)21-23-38-39(29)32-14-6-9-17-37(32)43-38/h1-24H. The predicted molar refractivity (Wildman–Crippen MR) is 180 cm³/mol. The molecule has 0 spiro atoms. The van der Waals surface area contributed by atoms with E-state index < -0.39 is 0 Å². The van der Waals surface area contributed by atoms with Gasteiger partial charge in [0.2, 0.25) is 0 Å². The molecule has 3 heterocycles. The van der Waals surface area contributed by atoms with Crippen molar-refractivity contribution >= 4 is 76.3 Å². The molecule has 0 radical (unpaired) electrons. The summed E-state index contributed by atoms with van der Waals surface area (Å²) < 4.78 is 11.1. The molecule has 0 unspecified atom stereocenters. The lowest BCUT2D eigenvalue weighted by atomic mass is 10.0. The molecule has 10 rings (SSSR count). The highest BCUT2D eigenvalue weighted by Gasteiger charge is 2.19. The van der Waals surface area contributed by atoms with E-state index in [9.17, 15) is 0 Å². The number of para-hydroxylation sites is 4. The van der Waals surface area contributed by atoms with Crippen LogP contribution in [0.4, 0.5) is 0 Å². The van der Waals surface area contributed by atoms with Crippen LogP contribution in [0.25, 0.3) is 87.7 Å². The Morgan fingerprint density at radius 2 is 0.953 bits per heavy atom. The normalized spacial score (nSPS) is 12.2. The van der Waals surface area contributed by atoms with Gasteiger partial charge in [-0.05, 0) is 66.0 Å². The fourth-order valence-electron chi connectivity index (χ4n) is 7.31. The SMILES string of the molecule is c1ccc(-n2c3ccccc3c3cc(-n4c5ccccc5c5ccc6c(ccc7oc8ccccc8c76)c54)ccc32)cc1. The number of aromatic nitrogens is 2. The van der Waals surface area contributed by atoms with Gasteiger partial charge in [-0.1, -0.05) is 84.9 Å². The third-order valence-electron chi connectivity index (χ3n) is 9.10. The maximum absolute atomic E-state index is 6.27. The summed E-state index contributed by atoms with van der Waals surface area (Å²) >= 11 is 0. The number of benzene rings is 7. The van der Waals surface area contributed by atoms with Gasteiger partial charge in [0.1, 0.15) is 11.2 Å². The second-order valence-corrected chi connectivity index (χ2v) is 11.3. The van der Waals surface area contributed by atoms with Crippen LogP contribution in [0.1, 0.15) is 0 Å². The van der Waals surface area contributed by atoms with Gasteiger partial charge in [0.05, 0.1) is 22.1 Å². The molecule has 0 aliphatic heterocycles. The zero-order valence-corrected chi connectivity index (χ0v) is 23.2. The molecule has 0 aliphatic rings. The quantitative estimate of drug-likeness (QED) is 0.211. The summed E-state index contributed by atoms with van der Waals surface area (Å²) in [6.07, 6.45) is 0. The van der Waals surface area contributed by atoms with E-state index in [2.05, 4.69) is 149 Å². The van der Waals surface area contributed by atoms with E-state index in [1.165, 1.54) is 65.5 Å². The average Bonchev–Trinajstić information content (AvgIpc) is 3.72. The van der Waals surface area contributed by atoms with Crippen molar-refractivity contribution in [3.8, 4) is 11.4 Å². The van der Waals surface area contributed by atoms with Gasteiger partial charge in [0, 0.05) is 49.1 Å². The summed E-state index contributed by atoms with van der Waals surface area (Å²) in [5.41, 5.74) is 9.00. The van der Waals surface area contributed by atoms with Gasteiger partial charge in [-0.3, -0.25) is 0 Å². The highest BCUT2D eigenvalue weighted by atomic mass is 16.3. The minimum absolute atomic E-state index is 0.922. The fourth-order valence-corrected chi connectivity index (χ4v) is 7.31. The lowest BCUT2D eigenvalue weighted by Gasteiger charge is -2.12. The maximum Gasteiger partial charge on any atom is 0.136 e. The van der Waals surface area contributed by atoms with Crippen LogP contribution in [-0.4, -0.2) is 9.13 Å². The molecule has 3 heteroatoms. The van der Waals surface area contributed by atoms with Crippen LogP contribution in [0, 0.1) is 0 Å². The van der Waals surface area contributed by atoms with Crippen molar-refractivity contribution in [1.82, 2.24) is 9.13 Å². The molecule has 0 fully saturated rings. The molecule has 200 valence electrons. The van der Waals surface area contributed by atoms with E-state index in [0.29, 0.717) is 0 Å². The van der Waals surface area contributed by atoms with Crippen molar-refractivity contribution < 1.29 is 4.42 Å². The Bertz CT molecular complexity index is 2720. The molecular weight excluding hydrogens is 524 g/mol. The van der Waals surface area contributed by atoms with Crippen LogP contribution < -0.4 is 0 Å². The third-order valence-corrected chi connectivity index (χ3v) is 9.10. The van der Waals surface area contributed by atoms with Crippen LogP contribution in [-0.2, 0) is 0 Å². The predicted octanol–water partition coefficient (Wildman–Crippen LogP) is 10.9. The molecule has 3 aromatic heterocycles. The van der Waals surface area contributed by atoms with Crippen molar-refractivity contribution in [3.05, 3.63) is 146 Å². The summed E-state index contributed by atoms with van der Waals surface area (Å²) in [5, 5.41) is 9.76. The molecular formula is C40H24N2O. The van der Waals surface area contributed by atoms with Crippen LogP contribution in [0.15, 0.2) is 150 Å². The van der Waals surface area contributed by atoms with Crippen molar-refractivity contribution in [2.75, 3.05) is 0 Å². The minimum Gasteiger partial charge on any atom is -0.456 e. The molecule has 0 amide bonds. The topological polar surface area (TPSA) is 23.0 Å². The molecule has 0 aliphatic carbocycles. The van der Waals surface area contributed by atoms with Crippen molar-refractivity contribution in [2.24, 2.45) is 0 Å². The summed E-state index contributed by atoms with van der Waals surface area (Å²) in [6, 6.07) is 52.3. The number of hydrogen-bond donors (Lipinski definition) is 0. The largest absolute Gasteiger partial charge is 0.456 e. The van der Waals surface area contributed by atoms with Gasteiger partial charge in [-0.15, -0.1) is 0 Å². The molecule has 0 N–H and O–H groups in total. The maximum atomic E-state index is 6.27. The molecule has 3 nitrogen and oxygen atoms in total. The Morgan fingerprint density at radius 3 is 1.79 bits per heavy atom. The molecule has 0 saturated heterocycles. The van der Waals surface area contributed by atoms with Crippen LogP contribution >= 0.6 is 0 Å². The van der Waals surface area contributed by atoms with E-state index in [0.717, 1.165) is 22.2 Å². The summed E-state index contributed by atoms with van der Waals surface area (Å²) in [7, 11) is 0. The van der Waals surface area contributed by atoms with Crippen LogP contribution in [0.2, 0.25) is 0 Å². The first-order valence-electron chi connectivity index (χ1n) is 14.7. The second kappa shape index (κ2) is 8.37. The van der Waals surface area contributed by atoms with Crippen molar-refractivity contribution in [2.45, 2.75) is 0 Å². The number of fused-ring (bicyclic) bond motifs is 12. The monoisotopic (exact) mass is 548 g/mol. The van der Waals surface area contributed by atoms with Crippen LogP contribution in [0.3, 0.4) is 0 Å². The van der Waals surface area contributed by atoms with Gasteiger partial charge < -0.3 is 13.6 Å². The molecule has 0 saturated carbocycles. The number of hydrogen-bond acceptors (Lipinski definition) is 1. The van der Waals surface area contributed by atoms with E-state index in [4.69, 9.17) is 4.42 Å². The first kappa shape index (κ1) is 22.8. The van der Waals surface area contributed by atoms with Gasteiger partial charge in [-0.25, -0.2) is 0 Å². The fraction of sp³-hybridized carbons (Fsp3) is 0. The van der Waals surface area contributed by atoms with Crippen molar-refractivity contribution in [3.63, 3.8) is 0 Å². The van der Waals surface area contributed by atoms with E-state index in [-0.39, 0.29) is 0 Å². The Morgan fingerprint density at radius 1 is 0.349 bits per heavy atom. The lowest BCUT2D eigenvalue weighted by molar-refractivity contribution is 0.669. The number of nitrogens with zero attached hydrogens (tertiary/aromatic N) is 2. The Balaban J connectivity index is 1.34. The highest BCUT2D eigenvalue weighted by molar-refractivity contribution is 6.26. The molecule has 43 heavy (non-hydrogen) atoms. The first-order valence-corrected chi connectivity index (χ1v) is 14.7. The molecule has 10 aromatic rings. The first-order chi connectivity index (χ1) is 21.3. The minimum atomic E-state index is 0.922. The van der Waals surface area contributed by atoms with Gasteiger partial charge in [0.25, 0.3) is 0 Å². The molecule has 7 aromatic carbocycles. The van der Waals surface area contributed by atoms with E-state index in [1.807, 2.05) is 6.07 Å². The van der Waals surface area contributed by atoms with Gasteiger partial charge in [0.15, 0.2) is 0 Å². The zero-order valence-electron chi connectivity index (χ0n) is 23.2. The van der Waals surface area contributed by atoms with E-state index >= 15 is 0 Å². The van der Waals surface area contributed by atoms with Crippen molar-refractivity contribution in [1.29, 1.82) is 0 Å². The molecule has 0 atom stereocenters. The number of rotatable bonds is 2. The zero-order chi connectivity index (χ0) is 28.1. The van der Waals surface area contributed by atoms with E-state index in [1.54, 1.807) is 0 Å². The Kier molecular flexibility index (Phi) is 4.45. The third kappa shape index (κ3) is 3.03. The second-order valence-electron chi connectivity index (χ2n) is 11.3. The number of furan rings is 1. The Labute approximate surface area is 246 Å².